The fourth-order valence-corrected chi connectivity index (χ4v) is 2.45. The Hall–Kier alpha value is -0.400. The van der Waals surface area contributed by atoms with Crippen LogP contribution < -0.4 is 0 Å². The SMILES string of the molecule is CCC1CCC(C(C)C)CC1N=O. The van der Waals surface area contributed by atoms with Crippen molar-refractivity contribution in [3.05, 3.63) is 4.91 Å². The molecule has 0 aromatic heterocycles. The maximum atomic E-state index is 10.6. The topological polar surface area (TPSA) is 29.4 Å². The first-order chi connectivity index (χ1) is 6.19. The Kier molecular flexibility index (Phi) is 3.89. The molecule has 0 radical (unpaired) electrons. The lowest BCUT2D eigenvalue weighted by atomic mass is 9.73. The van der Waals surface area contributed by atoms with E-state index < -0.39 is 0 Å². The fourth-order valence-electron chi connectivity index (χ4n) is 2.45. The second-order valence-corrected chi connectivity index (χ2v) is 4.66. The number of hydrogen-bond donors (Lipinski definition) is 0. The zero-order valence-electron chi connectivity index (χ0n) is 8.99. The minimum atomic E-state index is 0.103. The zero-order chi connectivity index (χ0) is 9.84. The van der Waals surface area contributed by atoms with E-state index >= 15 is 0 Å². The summed E-state index contributed by atoms with van der Waals surface area (Å²) in [6.45, 7) is 6.66. The molecule has 2 heteroatoms. The van der Waals surface area contributed by atoms with Gasteiger partial charge in [0.1, 0.15) is 0 Å². The smallest absolute Gasteiger partial charge is 0.0950 e. The van der Waals surface area contributed by atoms with Crippen molar-refractivity contribution in [2.45, 2.75) is 52.5 Å². The predicted molar refractivity (Wildman–Crippen MR) is 55.5 cm³/mol. The van der Waals surface area contributed by atoms with E-state index in [4.69, 9.17) is 0 Å². The van der Waals surface area contributed by atoms with Crippen molar-refractivity contribution in [2.24, 2.45) is 22.9 Å². The van der Waals surface area contributed by atoms with Crippen LogP contribution in [0.5, 0.6) is 0 Å². The van der Waals surface area contributed by atoms with Gasteiger partial charge in [0.2, 0.25) is 0 Å². The van der Waals surface area contributed by atoms with Gasteiger partial charge in [-0.1, -0.05) is 32.4 Å². The van der Waals surface area contributed by atoms with Gasteiger partial charge >= 0.3 is 0 Å². The van der Waals surface area contributed by atoms with E-state index in [1.807, 2.05) is 0 Å². The van der Waals surface area contributed by atoms with Crippen molar-refractivity contribution in [1.29, 1.82) is 0 Å². The average Bonchev–Trinajstić information content (AvgIpc) is 2.16. The summed E-state index contributed by atoms with van der Waals surface area (Å²) >= 11 is 0. The second-order valence-electron chi connectivity index (χ2n) is 4.66. The van der Waals surface area contributed by atoms with Gasteiger partial charge in [-0.15, -0.1) is 0 Å². The van der Waals surface area contributed by atoms with Gasteiger partial charge in [-0.3, -0.25) is 0 Å². The third-order valence-electron chi connectivity index (χ3n) is 3.60. The maximum Gasteiger partial charge on any atom is 0.0950 e. The lowest BCUT2D eigenvalue weighted by molar-refractivity contribution is 0.192. The Balaban J connectivity index is 2.52. The average molecular weight is 183 g/mol. The summed E-state index contributed by atoms with van der Waals surface area (Å²) in [6, 6.07) is 0.103. The van der Waals surface area contributed by atoms with Crippen molar-refractivity contribution in [3.63, 3.8) is 0 Å². The van der Waals surface area contributed by atoms with Crippen molar-refractivity contribution in [2.75, 3.05) is 0 Å². The molecule has 0 amide bonds. The Labute approximate surface area is 81.1 Å². The Morgan fingerprint density at radius 2 is 2.08 bits per heavy atom. The fraction of sp³-hybridized carbons (Fsp3) is 1.00. The minimum absolute atomic E-state index is 0.103. The molecule has 1 saturated carbocycles. The third-order valence-corrected chi connectivity index (χ3v) is 3.60. The normalized spacial score (nSPS) is 34.9. The van der Waals surface area contributed by atoms with Crippen LogP contribution in [0.3, 0.4) is 0 Å². The Bertz CT molecular complexity index is 167. The molecule has 0 aliphatic heterocycles. The maximum absolute atomic E-state index is 10.6. The first kappa shape index (κ1) is 10.7. The zero-order valence-corrected chi connectivity index (χ0v) is 8.99. The van der Waals surface area contributed by atoms with Crippen LogP contribution in [-0.2, 0) is 0 Å². The highest BCUT2D eigenvalue weighted by Gasteiger charge is 2.31. The molecule has 76 valence electrons. The molecular formula is C11H21NO. The number of hydrogen-bond acceptors (Lipinski definition) is 2. The number of nitroso groups, excluding NO2 is 1. The van der Waals surface area contributed by atoms with E-state index in [-0.39, 0.29) is 6.04 Å². The molecule has 3 unspecified atom stereocenters. The van der Waals surface area contributed by atoms with Gasteiger partial charge < -0.3 is 0 Å². The molecule has 0 N–H and O–H groups in total. The van der Waals surface area contributed by atoms with Gasteiger partial charge in [-0.25, -0.2) is 0 Å². The van der Waals surface area contributed by atoms with Crippen LogP contribution in [-0.4, -0.2) is 6.04 Å². The van der Waals surface area contributed by atoms with Gasteiger partial charge in [0, 0.05) is 0 Å². The quantitative estimate of drug-likeness (QED) is 0.615. The molecule has 1 fully saturated rings. The van der Waals surface area contributed by atoms with Gasteiger partial charge in [0.25, 0.3) is 0 Å². The molecule has 0 bridgehead atoms. The van der Waals surface area contributed by atoms with Crippen LogP contribution in [0.2, 0.25) is 0 Å². The molecule has 0 spiro atoms. The van der Waals surface area contributed by atoms with Crippen LogP contribution in [0, 0.1) is 22.7 Å². The predicted octanol–water partition coefficient (Wildman–Crippen LogP) is 3.60. The standard InChI is InChI=1S/C11H21NO/c1-4-9-5-6-10(8(2)3)7-11(9)12-13/h8-11H,4-7H2,1-3H3. The summed E-state index contributed by atoms with van der Waals surface area (Å²) in [5.74, 6) is 2.00. The molecule has 0 heterocycles. The first-order valence-corrected chi connectivity index (χ1v) is 5.51. The largest absolute Gasteiger partial charge is 0.151 e. The van der Waals surface area contributed by atoms with E-state index in [0.717, 1.165) is 18.8 Å². The van der Waals surface area contributed by atoms with E-state index in [1.54, 1.807) is 0 Å². The second kappa shape index (κ2) is 4.73. The molecule has 0 aromatic carbocycles. The lowest BCUT2D eigenvalue weighted by Gasteiger charge is -2.33. The van der Waals surface area contributed by atoms with Crippen LogP contribution >= 0.6 is 0 Å². The van der Waals surface area contributed by atoms with Gasteiger partial charge in [0.05, 0.1) is 6.04 Å². The van der Waals surface area contributed by atoms with Crippen molar-refractivity contribution in [3.8, 4) is 0 Å². The molecule has 1 aliphatic carbocycles. The summed E-state index contributed by atoms with van der Waals surface area (Å²) < 4.78 is 0. The summed E-state index contributed by atoms with van der Waals surface area (Å²) in [7, 11) is 0. The summed E-state index contributed by atoms with van der Waals surface area (Å²) in [6.07, 6.45) is 4.64. The number of nitrogens with zero attached hydrogens (tertiary/aromatic N) is 1. The molecule has 0 aromatic rings. The Morgan fingerprint density at radius 1 is 1.38 bits per heavy atom. The summed E-state index contributed by atoms with van der Waals surface area (Å²) in [5, 5.41) is 3.28. The highest BCUT2D eigenvalue weighted by atomic mass is 16.3. The third kappa shape index (κ3) is 2.52. The summed E-state index contributed by atoms with van der Waals surface area (Å²) in [4.78, 5) is 10.6. The molecule has 13 heavy (non-hydrogen) atoms. The summed E-state index contributed by atoms with van der Waals surface area (Å²) in [5.41, 5.74) is 0. The van der Waals surface area contributed by atoms with Gasteiger partial charge in [-0.05, 0) is 37.0 Å². The van der Waals surface area contributed by atoms with Gasteiger partial charge in [-0.2, -0.15) is 4.91 Å². The van der Waals surface area contributed by atoms with Crippen LogP contribution in [0.15, 0.2) is 5.18 Å². The Morgan fingerprint density at radius 3 is 2.54 bits per heavy atom. The number of rotatable bonds is 3. The van der Waals surface area contributed by atoms with Crippen LogP contribution in [0.25, 0.3) is 0 Å². The molecule has 1 aliphatic rings. The lowest BCUT2D eigenvalue weighted by Crippen LogP contribution is -2.29. The van der Waals surface area contributed by atoms with E-state index in [1.165, 1.54) is 12.8 Å². The van der Waals surface area contributed by atoms with E-state index in [2.05, 4.69) is 25.9 Å². The molecular weight excluding hydrogens is 162 g/mol. The molecule has 1 rings (SSSR count). The highest BCUT2D eigenvalue weighted by molar-refractivity contribution is 4.85. The van der Waals surface area contributed by atoms with E-state index in [9.17, 15) is 4.91 Å². The molecule has 0 saturated heterocycles. The molecule has 3 atom stereocenters. The van der Waals surface area contributed by atoms with Crippen LogP contribution in [0.4, 0.5) is 0 Å². The monoisotopic (exact) mass is 183 g/mol. The molecule has 2 nitrogen and oxygen atoms in total. The highest BCUT2D eigenvalue weighted by Crippen LogP contribution is 2.36. The van der Waals surface area contributed by atoms with Gasteiger partial charge in [0.15, 0.2) is 0 Å². The van der Waals surface area contributed by atoms with Crippen molar-refractivity contribution < 1.29 is 0 Å². The van der Waals surface area contributed by atoms with Crippen LogP contribution in [0.1, 0.15) is 46.5 Å². The van der Waals surface area contributed by atoms with E-state index in [0.29, 0.717) is 11.8 Å². The first-order valence-electron chi connectivity index (χ1n) is 5.51. The van der Waals surface area contributed by atoms with Crippen molar-refractivity contribution >= 4 is 0 Å². The minimum Gasteiger partial charge on any atom is -0.151 e. The van der Waals surface area contributed by atoms with Crippen molar-refractivity contribution in [1.82, 2.24) is 0 Å².